The maximum Gasteiger partial charge on any atom is 0.165 e. The van der Waals surface area contributed by atoms with Gasteiger partial charge in [-0.2, -0.15) is 0 Å². The first-order valence-corrected chi connectivity index (χ1v) is 7.86. The lowest BCUT2D eigenvalue weighted by Gasteiger charge is -2.12. The molecule has 1 fully saturated rings. The molecule has 1 heterocycles. The summed E-state index contributed by atoms with van der Waals surface area (Å²) in [6.45, 7) is 2.01. The minimum atomic E-state index is 0.326. The molecule has 2 aromatic rings. The SMILES string of the molecule is Cc1[nH]c2ccccc2c1C(=O)CC1CCCCCC1. The van der Waals surface area contributed by atoms with Crippen LogP contribution in [0.3, 0.4) is 0 Å². The second-order valence-electron chi connectivity index (χ2n) is 6.16. The Kier molecular flexibility index (Phi) is 3.90. The molecule has 0 amide bonds. The van der Waals surface area contributed by atoms with Gasteiger partial charge in [-0.15, -0.1) is 0 Å². The Morgan fingerprint density at radius 2 is 1.85 bits per heavy atom. The largest absolute Gasteiger partial charge is 0.358 e. The molecule has 1 aromatic heterocycles. The van der Waals surface area contributed by atoms with Gasteiger partial charge in [-0.3, -0.25) is 4.79 Å². The van der Waals surface area contributed by atoms with Crippen LogP contribution in [0.1, 0.15) is 61.0 Å². The van der Waals surface area contributed by atoms with Gasteiger partial charge >= 0.3 is 0 Å². The molecule has 0 saturated heterocycles. The number of hydrogen-bond acceptors (Lipinski definition) is 1. The van der Waals surface area contributed by atoms with Gasteiger partial charge in [0.2, 0.25) is 0 Å². The Morgan fingerprint density at radius 3 is 2.60 bits per heavy atom. The number of hydrogen-bond donors (Lipinski definition) is 1. The summed E-state index contributed by atoms with van der Waals surface area (Å²) in [4.78, 5) is 16.0. The fourth-order valence-electron chi connectivity index (χ4n) is 3.57. The highest BCUT2D eigenvalue weighted by molar-refractivity contribution is 6.09. The molecule has 106 valence electrons. The van der Waals surface area contributed by atoms with E-state index >= 15 is 0 Å². The van der Waals surface area contributed by atoms with Crippen LogP contribution in [0.5, 0.6) is 0 Å². The van der Waals surface area contributed by atoms with E-state index in [2.05, 4.69) is 11.1 Å². The fraction of sp³-hybridized carbons (Fsp3) is 0.500. The summed E-state index contributed by atoms with van der Waals surface area (Å²) >= 11 is 0. The summed E-state index contributed by atoms with van der Waals surface area (Å²) in [6.07, 6.45) is 8.46. The van der Waals surface area contributed by atoms with Crippen LogP contribution in [-0.4, -0.2) is 10.8 Å². The Morgan fingerprint density at radius 1 is 1.15 bits per heavy atom. The maximum absolute atomic E-state index is 12.7. The van der Waals surface area contributed by atoms with Crippen molar-refractivity contribution in [2.75, 3.05) is 0 Å². The third kappa shape index (κ3) is 2.65. The second kappa shape index (κ2) is 5.82. The van der Waals surface area contributed by atoms with E-state index in [-0.39, 0.29) is 0 Å². The number of H-pyrrole nitrogens is 1. The Bertz CT molecular complexity index is 603. The number of Topliss-reactive ketones (excluding diaryl/α,β-unsaturated/α-hetero) is 1. The van der Waals surface area contributed by atoms with E-state index in [9.17, 15) is 4.79 Å². The van der Waals surface area contributed by atoms with Crippen LogP contribution in [0.15, 0.2) is 24.3 Å². The lowest BCUT2D eigenvalue weighted by Crippen LogP contribution is -2.09. The molecule has 0 bridgehead atoms. The van der Waals surface area contributed by atoms with Crippen molar-refractivity contribution >= 4 is 16.7 Å². The van der Waals surface area contributed by atoms with E-state index in [4.69, 9.17) is 0 Å². The molecule has 3 rings (SSSR count). The van der Waals surface area contributed by atoms with E-state index in [0.29, 0.717) is 11.7 Å². The zero-order valence-corrected chi connectivity index (χ0v) is 12.2. The summed E-state index contributed by atoms with van der Waals surface area (Å²) in [5.74, 6) is 0.921. The number of benzene rings is 1. The molecule has 2 heteroatoms. The van der Waals surface area contributed by atoms with Crippen molar-refractivity contribution in [3.8, 4) is 0 Å². The molecule has 1 saturated carbocycles. The normalized spacial score (nSPS) is 17.2. The first-order valence-electron chi connectivity index (χ1n) is 7.86. The van der Waals surface area contributed by atoms with E-state index in [1.165, 1.54) is 38.5 Å². The molecule has 2 nitrogen and oxygen atoms in total. The summed E-state index contributed by atoms with van der Waals surface area (Å²) < 4.78 is 0. The maximum atomic E-state index is 12.7. The standard InChI is InChI=1S/C18H23NO/c1-13-18(15-10-6-7-11-16(15)19-13)17(20)12-14-8-4-2-3-5-9-14/h6-7,10-11,14,19H,2-5,8-9,12H2,1H3. The van der Waals surface area contributed by atoms with Crippen molar-refractivity contribution in [1.29, 1.82) is 0 Å². The van der Waals surface area contributed by atoms with Gasteiger partial charge in [0.25, 0.3) is 0 Å². The lowest BCUT2D eigenvalue weighted by molar-refractivity contribution is 0.0958. The number of aromatic amines is 1. The number of carbonyl (C=O) groups excluding carboxylic acids is 1. The van der Waals surface area contributed by atoms with Crippen molar-refractivity contribution in [3.05, 3.63) is 35.5 Å². The van der Waals surface area contributed by atoms with Crippen LogP contribution in [0.2, 0.25) is 0 Å². The third-order valence-electron chi connectivity index (χ3n) is 4.62. The molecule has 1 aliphatic carbocycles. The van der Waals surface area contributed by atoms with Gasteiger partial charge in [-0.1, -0.05) is 56.7 Å². The second-order valence-corrected chi connectivity index (χ2v) is 6.16. The highest BCUT2D eigenvalue weighted by atomic mass is 16.1. The van der Waals surface area contributed by atoms with Gasteiger partial charge in [-0.05, 0) is 18.9 Å². The summed E-state index contributed by atoms with van der Waals surface area (Å²) in [7, 11) is 0. The van der Waals surface area contributed by atoms with Crippen LogP contribution in [0, 0.1) is 12.8 Å². The zero-order chi connectivity index (χ0) is 13.9. The highest BCUT2D eigenvalue weighted by Crippen LogP contribution is 2.29. The summed E-state index contributed by atoms with van der Waals surface area (Å²) in [6, 6.07) is 8.12. The van der Waals surface area contributed by atoms with Gasteiger partial charge in [-0.25, -0.2) is 0 Å². The average Bonchev–Trinajstić information content (AvgIpc) is 2.60. The van der Waals surface area contributed by atoms with Gasteiger partial charge in [0.15, 0.2) is 5.78 Å². The number of para-hydroxylation sites is 1. The minimum absolute atomic E-state index is 0.326. The molecule has 1 N–H and O–H groups in total. The Balaban J connectivity index is 1.83. The monoisotopic (exact) mass is 269 g/mol. The number of aromatic nitrogens is 1. The van der Waals surface area contributed by atoms with Crippen LogP contribution < -0.4 is 0 Å². The van der Waals surface area contributed by atoms with Crippen molar-refractivity contribution in [1.82, 2.24) is 4.98 Å². The summed E-state index contributed by atoms with van der Waals surface area (Å²) in [5.41, 5.74) is 3.02. The average molecular weight is 269 g/mol. The van der Waals surface area contributed by atoms with Crippen molar-refractivity contribution in [3.63, 3.8) is 0 Å². The number of carbonyl (C=O) groups is 1. The number of nitrogens with one attached hydrogen (secondary N) is 1. The van der Waals surface area contributed by atoms with Crippen molar-refractivity contribution in [2.24, 2.45) is 5.92 Å². The molecular formula is C18H23NO. The number of ketones is 1. The van der Waals surface area contributed by atoms with E-state index < -0.39 is 0 Å². The van der Waals surface area contributed by atoms with Crippen molar-refractivity contribution < 1.29 is 4.79 Å². The molecular weight excluding hydrogens is 246 g/mol. The first kappa shape index (κ1) is 13.4. The molecule has 1 aliphatic rings. The topological polar surface area (TPSA) is 32.9 Å². The van der Waals surface area contributed by atoms with Gasteiger partial charge in [0.1, 0.15) is 0 Å². The predicted octanol–water partition coefficient (Wildman–Crippen LogP) is 5.02. The molecule has 0 atom stereocenters. The van der Waals surface area contributed by atoms with E-state index in [0.717, 1.165) is 28.6 Å². The van der Waals surface area contributed by atoms with E-state index in [1.54, 1.807) is 0 Å². The van der Waals surface area contributed by atoms with Crippen LogP contribution >= 0.6 is 0 Å². The Labute approximate surface area is 120 Å². The van der Waals surface area contributed by atoms with E-state index in [1.807, 2.05) is 25.1 Å². The highest BCUT2D eigenvalue weighted by Gasteiger charge is 2.21. The smallest absolute Gasteiger partial charge is 0.165 e. The number of rotatable bonds is 3. The van der Waals surface area contributed by atoms with Crippen molar-refractivity contribution in [2.45, 2.75) is 51.9 Å². The zero-order valence-electron chi connectivity index (χ0n) is 12.2. The summed E-state index contributed by atoms with van der Waals surface area (Å²) in [5, 5.41) is 1.09. The molecule has 0 spiro atoms. The number of aryl methyl sites for hydroxylation is 1. The minimum Gasteiger partial charge on any atom is -0.358 e. The molecule has 0 radical (unpaired) electrons. The molecule has 0 aliphatic heterocycles. The molecule has 1 aromatic carbocycles. The van der Waals surface area contributed by atoms with Gasteiger partial charge < -0.3 is 4.98 Å². The Hall–Kier alpha value is -1.57. The number of fused-ring (bicyclic) bond motifs is 1. The van der Waals surface area contributed by atoms with Crippen LogP contribution in [0.4, 0.5) is 0 Å². The third-order valence-corrected chi connectivity index (χ3v) is 4.62. The molecule has 0 unspecified atom stereocenters. The first-order chi connectivity index (χ1) is 9.75. The fourth-order valence-corrected chi connectivity index (χ4v) is 3.57. The predicted molar refractivity (Wildman–Crippen MR) is 83.2 cm³/mol. The van der Waals surface area contributed by atoms with Gasteiger partial charge in [0.05, 0.1) is 0 Å². The van der Waals surface area contributed by atoms with Crippen LogP contribution in [0.25, 0.3) is 10.9 Å². The quantitative estimate of drug-likeness (QED) is 0.616. The van der Waals surface area contributed by atoms with Crippen LogP contribution in [-0.2, 0) is 0 Å². The van der Waals surface area contributed by atoms with Gasteiger partial charge in [0, 0.05) is 28.6 Å². The lowest BCUT2D eigenvalue weighted by atomic mass is 9.91. The molecule has 20 heavy (non-hydrogen) atoms.